The summed E-state index contributed by atoms with van der Waals surface area (Å²) in [5.74, 6) is 1.70. The van der Waals surface area contributed by atoms with Crippen molar-refractivity contribution in [3.8, 4) is 33.8 Å². The molecular formula is C41H30N2O2. The summed E-state index contributed by atoms with van der Waals surface area (Å²) in [5.41, 5.74) is 8.70. The Morgan fingerprint density at radius 3 is 1.00 bits per heavy atom. The minimum absolute atomic E-state index is 0.577. The summed E-state index contributed by atoms with van der Waals surface area (Å²) in [6.07, 6.45) is 0.781. The molecule has 6 aromatic carbocycles. The van der Waals surface area contributed by atoms with E-state index in [-0.39, 0.29) is 0 Å². The van der Waals surface area contributed by atoms with Crippen LogP contribution in [0.2, 0.25) is 0 Å². The maximum Gasteiger partial charge on any atom is 0.119 e. The minimum atomic E-state index is 0.577. The van der Waals surface area contributed by atoms with Gasteiger partial charge in [0, 0.05) is 39.1 Å². The van der Waals surface area contributed by atoms with Gasteiger partial charge in [-0.15, -0.1) is 0 Å². The highest BCUT2D eigenvalue weighted by Gasteiger charge is 2.12. The lowest BCUT2D eigenvalue weighted by atomic mass is 9.96. The average Bonchev–Trinajstić information content (AvgIpc) is 3.10. The van der Waals surface area contributed by atoms with Gasteiger partial charge in [0.2, 0.25) is 0 Å². The van der Waals surface area contributed by atoms with Crippen LogP contribution in [0.3, 0.4) is 0 Å². The number of pyridine rings is 2. The normalized spacial score (nSPS) is 11.4. The lowest BCUT2D eigenvalue weighted by Gasteiger charge is -2.13. The zero-order valence-corrected chi connectivity index (χ0v) is 24.7. The number of rotatable bonds is 8. The SMILES string of the molecule is c1ccc2c(-c3ccc(OCCCOc4ccc(-c5c6ccccc6nc6ccccc56)cc4)cc3)c3ccccc3nc2c1. The molecule has 0 amide bonds. The molecule has 0 bridgehead atoms. The third kappa shape index (κ3) is 5.21. The summed E-state index contributed by atoms with van der Waals surface area (Å²) >= 11 is 0. The first-order valence-electron chi connectivity index (χ1n) is 15.3. The van der Waals surface area contributed by atoms with Crippen LogP contribution in [0.15, 0.2) is 146 Å². The van der Waals surface area contributed by atoms with Gasteiger partial charge < -0.3 is 9.47 Å². The number of hydrogen-bond donors (Lipinski definition) is 0. The molecule has 0 fully saturated rings. The number of fused-ring (bicyclic) bond motifs is 4. The quantitative estimate of drug-likeness (QED) is 0.132. The molecule has 0 radical (unpaired) electrons. The lowest BCUT2D eigenvalue weighted by molar-refractivity contribution is 0.247. The topological polar surface area (TPSA) is 44.2 Å². The van der Waals surface area contributed by atoms with Gasteiger partial charge in [0.25, 0.3) is 0 Å². The first-order valence-corrected chi connectivity index (χ1v) is 15.3. The lowest BCUT2D eigenvalue weighted by Crippen LogP contribution is -2.05. The summed E-state index contributed by atoms with van der Waals surface area (Å²) in [5, 5.41) is 4.60. The Morgan fingerprint density at radius 2 is 0.667 bits per heavy atom. The number of aromatic nitrogens is 2. The fourth-order valence-corrected chi connectivity index (χ4v) is 6.18. The van der Waals surface area contributed by atoms with Crippen molar-refractivity contribution in [3.05, 3.63) is 146 Å². The largest absolute Gasteiger partial charge is 0.493 e. The molecule has 0 spiro atoms. The molecule has 2 heterocycles. The van der Waals surface area contributed by atoms with Crippen molar-refractivity contribution < 1.29 is 9.47 Å². The van der Waals surface area contributed by atoms with Crippen LogP contribution in [0.4, 0.5) is 0 Å². The molecule has 0 saturated heterocycles. The molecule has 2 aromatic heterocycles. The van der Waals surface area contributed by atoms with Gasteiger partial charge in [-0.1, -0.05) is 97.1 Å². The molecule has 216 valence electrons. The van der Waals surface area contributed by atoms with Crippen LogP contribution in [0.5, 0.6) is 11.5 Å². The fourth-order valence-electron chi connectivity index (χ4n) is 6.18. The highest BCUT2D eigenvalue weighted by Crippen LogP contribution is 2.37. The van der Waals surface area contributed by atoms with Gasteiger partial charge in [-0.2, -0.15) is 0 Å². The molecule has 8 aromatic rings. The minimum Gasteiger partial charge on any atom is -0.493 e. The van der Waals surface area contributed by atoms with Crippen molar-refractivity contribution in [1.82, 2.24) is 9.97 Å². The van der Waals surface area contributed by atoms with Crippen molar-refractivity contribution in [2.75, 3.05) is 13.2 Å². The Balaban J connectivity index is 0.919. The van der Waals surface area contributed by atoms with Gasteiger partial charge in [-0.05, 0) is 59.7 Å². The smallest absolute Gasteiger partial charge is 0.119 e. The van der Waals surface area contributed by atoms with Crippen LogP contribution >= 0.6 is 0 Å². The van der Waals surface area contributed by atoms with Gasteiger partial charge in [-0.25, -0.2) is 9.97 Å². The summed E-state index contributed by atoms with van der Waals surface area (Å²) in [6, 6.07) is 50.0. The van der Waals surface area contributed by atoms with E-state index in [1.807, 2.05) is 48.5 Å². The third-order valence-corrected chi connectivity index (χ3v) is 8.29. The molecule has 0 N–H and O–H groups in total. The van der Waals surface area contributed by atoms with E-state index in [1.165, 1.54) is 11.1 Å². The zero-order valence-electron chi connectivity index (χ0n) is 24.7. The van der Waals surface area contributed by atoms with E-state index in [9.17, 15) is 0 Å². The van der Waals surface area contributed by atoms with Crippen LogP contribution in [0.1, 0.15) is 6.42 Å². The number of hydrogen-bond acceptors (Lipinski definition) is 4. The predicted octanol–water partition coefficient (Wildman–Crippen LogP) is 10.3. The average molecular weight is 583 g/mol. The number of benzene rings is 6. The molecule has 4 heteroatoms. The predicted molar refractivity (Wildman–Crippen MR) is 185 cm³/mol. The van der Waals surface area contributed by atoms with Gasteiger partial charge in [-0.3, -0.25) is 0 Å². The van der Waals surface area contributed by atoms with Crippen molar-refractivity contribution in [1.29, 1.82) is 0 Å². The highest BCUT2D eigenvalue weighted by molar-refractivity contribution is 6.10. The van der Waals surface area contributed by atoms with Gasteiger partial charge in [0.15, 0.2) is 0 Å². The Bertz CT molecular complexity index is 2020. The van der Waals surface area contributed by atoms with Gasteiger partial charge in [0.05, 0.1) is 35.3 Å². The maximum absolute atomic E-state index is 6.07. The Labute approximate surface area is 261 Å². The molecule has 8 rings (SSSR count). The van der Waals surface area contributed by atoms with Crippen LogP contribution in [-0.2, 0) is 0 Å². The van der Waals surface area contributed by atoms with Crippen molar-refractivity contribution in [3.63, 3.8) is 0 Å². The van der Waals surface area contributed by atoms with E-state index in [2.05, 4.69) is 97.1 Å². The van der Waals surface area contributed by atoms with Crippen LogP contribution in [-0.4, -0.2) is 23.2 Å². The van der Waals surface area contributed by atoms with Gasteiger partial charge in [0.1, 0.15) is 11.5 Å². The van der Waals surface area contributed by atoms with Crippen LogP contribution < -0.4 is 9.47 Å². The van der Waals surface area contributed by atoms with Crippen LogP contribution in [0, 0.1) is 0 Å². The summed E-state index contributed by atoms with van der Waals surface area (Å²) in [4.78, 5) is 9.72. The van der Waals surface area contributed by atoms with E-state index in [1.54, 1.807) is 0 Å². The second-order valence-corrected chi connectivity index (χ2v) is 11.1. The molecule has 0 unspecified atom stereocenters. The standard InChI is InChI=1S/C41H30N2O2/c1-5-14-36-32(10-1)40(33-11-2-6-15-37(33)42-36)28-18-22-30(23-19-28)44-26-9-27-45-31-24-20-29(21-25-31)41-34-12-3-7-16-38(34)43-39-17-8-4-13-35(39)41/h1-8,10-25H,9,26-27H2. The van der Waals surface area contributed by atoms with Crippen LogP contribution in [0.25, 0.3) is 65.9 Å². The molecule has 45 heavy (non-hydrogen) atoms. The number of para-hydroxylation sites is 4. The molecule has 0 saturated carbocycles. The monoisotopic (exact) mass is 582 g/mol. The second-order valence-electron chi connectivity index (χ2n) is 11.1. The van der Waals surface area contributed by atoms with Crippen molar-refractivity contribution >= 4 is 43.6 Å². The molecule has 0 aliphatic carbocycles. The molecule has 4 nitrogen and oxygen atoms in total. The molecular weight excluding hydrogens is 552 g/mol. The molecule has 0 aliphatic rings. The first kappa shape index (κ1) is 26.9. The summed E-state index contributed by atoms with van der Waals surface area (Å²) in [6.45, 7) is 1.15. The molecule has 0 aliphatic heterocycles. The Kier molecular flexibility index (Phi) is 7.01. The third-order valence-electron chi connectivity index (χ3n) is 8.29. The van der Waals surface area contributed by atoms with E-state index >= 15 is 0 Å². The Morgan fingerprint density at radius 1 is 0.356 bits per heavy atom. The van der Waals surface area contributed by atoms with E-state index in [0.717, 1.165) is 72.7 Å². The highest BCUT2D eigenvalue weighted by atomic mass is 16.5. The van der Waals surface area contributed by atoms with E-state index < -0.39 is 0 Å². The zero-order chi connectivity index (χ0) is 30.0. The Hall–Kier alpha value is -5.74. The first-order chi connectivity index (χ1) is 22.3. The summed E-state index contributed by atoms with van der Waals surface area (Å²) < 4.78 is 12.1. The second kappa shape index (κ2) is 11.7. The van der Waals surface area contributed by atoms with E-state index in [0.29, 0.717) is 13.2 Å². The van der Waals surface area contributed by atoms with Crippen molar-refractivity contribution in [2.45, 2.75) is 6.42 Å². The van der Waals surface area contributed by atoms with Gasteiger partial charge >= 0.3 is 0 Å². The number of nitrogens with zero attached hydrogens (tertiary/aromatic N) is 2. The maximum atomic E-state index is 6.07. The molecule has 0 atom stereocenters. The van der Waals surface area contributed by atoms with Crippen molar-refractivity contribution in [2.24, 2.45) is 0 Å². The summed E-state index contributed by atoms with van der Waals surface area (Å²) in [7, 11) is 0. The number of ether oxygens (including phenoxy) is 2. The van der Waals surface area contributed by atoms with E-state index in [4.69, 9.17) is 19.4 Å². The fraction of sp³-hybridized carbons (Fsp3) is 0.0732.